The van der Waals surface area contributed by atoms with Crippen molar-refractivity contribution in [3.05, 3.63) is 12.2 Å². The van der Waals surface area contributed by atoms with E-state index in [1.165, 1.54) is 0 Å². The van der Waals surface area contributed by atoms with Crippen molar-refractivity contribution >= 4 is 6.21 Å². The Balaban J connectivity index is -0.000000276. The Bertz CT molecular complexity index is 303. The van der Waals surface area contributed by atoms with E-state index in [9.17, 15) is 0 Å². The topological polar surface area (TPSA) is 12.4 Å². The zero-order valence-electron chi connectivity index (χ0n) is 18.6. The minimum atomic E-state index is 0.456. The molecule has 0 atom stereocenters. The average molecular weight is 336 g/mol. The molecule has 0 radical (unpaired) electrons. The summed E-state index contributed by atoms with van der Waals surface area (Å²) in [6.45, 7) is 25.6. The van der Waals surface area contributed by atoms with Gasteiger partial charge in [0.2, 0.25) is 0 Å². The van der Waals surface area contributed by atoms with Crippen molar-refractivity contribution < 1.29 is 0 Å². The predicted molar refractivity (Wildman–Crippen MR) is 115 cm³/mol. The Hall–Kier alpha value is -1.03. The highest BCUT2D eigenvalue weighted by atomic mass is 14.7. The summed E-state index contributed by atoms with van der Waals surface area (Å²) >= 11 is 0. The van der Waals surface area contributed by atoms with E-state index in [-0.39, 0.29) is 0 Å². The van der Waals surface area contributed by atoms with Crippen LogP contribution in [0.15, 0.2) is 17.1 Å². The van der Waals surface area contributed by atoms with Crippen molar-refractivity contribution in [2.45, 2.75) is 89.1 Å². The fraction of sp³-hybridized carbons (Fsp3) is 0.783. The first-order valence-electron chi connectivity index (χ1n) is 9.61. The molecule has 0 N–H and O–H groups in total. The quantitative estimate of drug-likeness (QED) is 0.291. The van der Waals surface area contributed by atoms with Crippen LogP contribution in [0.5, 0.6) is 0 Å². The van der Waals surface area contributed by atoms with Gasteiger partial charge in [0.25, 0.3) is 0 Å². The average Bonchev–Trinajstić information content (AvgIpc) is 2.42. The maximum atomic E-state index is 4.20. The van der Waals surface area contributed by atoms with Crippen LogP contribution in [0.3, 0.4) is 0 Å². The van der Waals surface area contributed by atoms with Gasteiger partial charge in [-0.2, -0.15) is 0 Å². The highest BCUT2D eigenvalue weighted by molar-refractivity contribution is 5.59. The van der Waals surface area contributed by atoms with E-state index < -0.39 is 0 Å². The summed E-state index contributed by atoms with van der Waals surface area (Å²) in [7, 11) is 0. The number of aliphatic imine (C=N–C) groups is 1. The fourth-order valence-corrected chi connectivity index (χ4v) is 1.12. The zero-order chi connectivity index (χ0) is 19.7. The van der Waals surface area contributed by atoms with Gasteiger partial charge in [-0.25, -0.2) is 0 Å². The Labute approximate surface area is 154 Å². The van der Waals surface area contributed by atoms with Crippen LogP contribution in [0.25, 0.3) is 0 Å². The van der Waals surface area contributed by atoms with Crippen molar-refractivity contribution in [3.63, 3.8) is 0 Å². The largest absolute Gasteiger partial charge is 0.295 e. The van der Waals surface area contributed by atoms with Crippen molar-refractivity contribution in [1.29, 1.82) is 0 Å². The van der Waals surface area contributed by atoms with E-state index in [1.54, 1.807) is 0 Å². The van der Waals surface area contributed by atoms with E-state index in [1.807, 2.05) is 6.21 Å². The molecule has 0 saturated carbocycles. The standard InChI is InChI=1S/C8H16.C8H14.C7H15N/c2*1-7(2)5-6-8(3)4;1-6(2)5-8-7(3)4/h5-8H,1-4H3;7-8H,1-4H3;5-7H,1-4H3/b6-5+;;. The molecule has 0 aliphatic carbocycles. The third kappa shape index (κ3) is 42.9. The van der Waals surface area contributed by atoms with Crippen molar-refractivity contribution in [3.8, 4) is 11.8 Å². The van der Waals surface area contributed by atoms with Gasteiger partial charge in [0.05, 0.1) is 0 Å². The maximum Gasteiger partial charge on any atom is 0.0439 e. The number of hydrogen-bond acceptors (Lipinski definition) is 1. The fourth-order valence-electron chi connectivity index (χ4n) is 1.12. The minimum Gasteiger partial charge on any atom is -0.295 e. The van der Waals surface area contributed by atoms with E-state index >= 15 is 0 Å². The lowest BCUT2D eigenvalue weighted by Crippen LogP contribution is -1.93. The highest BCUT2D eigenvalue weighted by Crippen LogP contribution is 1.99. The first kappa shape index (κ1) is 27.8. The van der Waals surface area contributed by atoms with Crippen LogP contribution in [-0.4, -0.2) is 12.3 Å². The van der Waals surface area contributed by atoms with Gasteiger partial charge in [-0.15, -0.1) is 11.8 Å². The molecule has 1 nitrogen and oxygen atoms in total. The summed E-state index contributed by atoms with van der Waals surface area (Å²) in [6, 6.07) is 0.456. The Morgan fingerprint density at radius 1 is 0.542 bits per heavy atom. The van der Waals surface area contributed by atoms with Crippen LogP contribution in [0.4, 0.5) is 0 Å². The third-order valence-corrected chi connectivity index (χ3v) is 2.22. The van der Waals surface area contributed by atoms with Gasteiger partial charge in [0.1, 0.15) is 0 Å². The summed E-state index contributed by atoms with van der Waals surface area (Å²) in [6.07, 6.45) is 6.47. The van der Waals surface area contributed by atoms with E-state index in [0.717, 1.165) is 0 Å². The number of hydrogen-bond donors (Lipinski definition) is 0. The molecule has 0 rings (SSSR count). The zero-order valence-corrected chi connectivity index (χ0v) is 18.6. The normalized spacial score (nSPS) is 11.2. The molecule has 0 aromatic rings. The maximum absolute atomic E-state index is 4.20. The molecule has 0 unspecified atom stereocenters. The molecule has 0 saturated heterocycles. The Morgan fingerprint density at radius 2 is 0.875 bits per heavy atom. The Morgan fingerprint density at radius 3 is 1.00 bits per heavy atom. The van der Waals surface area contributed by atoms with E-state index in [2.05, 4.69) is 112 Å². The number of nitrogens with zero attached hydrogens (tertiary/aromatic N) is 1. The molecule has 0 spiro atoms. The molecule has 0 bridgehead atoms. The van der Waals surface area contributed by atoms with Crippen LogP contribution in [-0.2, 0) is 0 Å². The van der Waals surface area contributed by atoms with Crippen molar-refractivity contribution in [1.82, 2.24) is 0 Å². The number of rotatable bonds is 4. The lowest BCUT2D eigenvalue weighted by Gasteiger charge is -1.95. The van der Waals surface area contributed by atoms with Crippen LogP contribution < -0.4 is 0 Å². The predicted octanol–water partition coefficient (Wildman–Crippen LogP) is 7.28. The van der Waals surface area contributed by atoms with Crippen LogP contribution in [0.2, 0.25) is 0 Å². The lowest BCUT2D eigenvalue weighted by molar-refractivity contribution is 0.780. The SMILES string of the molecule is CC(C)/C=C/C(C)C.CC(C)C#CC(C)C.CC(C)C=NC(C)C. The number of allylic oxidation sites excluding steroid dienone is 2. The first-order valence-corrected chi connectivity index (χ1v) is 9.61. The summed E-state index contributed by atoms with van der Waals surface area (Å²) in [5.74, 6) is 9.25. The minimum absolute atomic E-state index is 0.456. The van der Waals surface area contributed by atoms with Crippen LogP contribution >= 0.6 is 0 Å². The van der Waals surface area contributed by atoms with E-state index in [4.69, 9.17) is 0 Å². The summed E-state index contributed by atoms with van der Waals surface area (Å²) in [5.41, 5.74) is 0. The molecule has 1 heteroatoms. The Kier molecular flexibility index (Phi) is 21.2. The van der Waals surface area contributed by atoms with Crippen LogP contribution in [0, 0.1) is 41.4 Å². The molecular weight excluding hydrogens is 290 g/mol. The molecule has 0 aromatic carbocycles. The second-order valence-corrected chi connectivity index (χ2v) is 8.11. The molecule has 0 aliphatic heterocycles. The van der Waals surface area contributed by atoms with E-state index in [0.29, 0.717) is 35.6 Å². The molecule has 0 aromatic heterocycles. The highest BCUT2D eigenvalue weighted by Gasteiger charge is 1.86. The van der Waals surface area contributed by atoms with Gasteiger partial charge < -0.3 is 0 Å². The molecular formula is C23H45N. The second kappa shape index (κ2) is 18.3. The van der Waals surface area contributed by atoms with Gasteiger partial charge in [0, 0.05) is 24.1 Å². The third-order valence-electron chi connectivity index (χ3n) is 2.22. The first-order chi connectivity index (χ1) is 10.9. The molecule has 0 amide bonds. The summed E-state index contributed by atoms with van der Waals surface area (Å²) < 4.78 is 0. The molecule has 0 aliphatic rings. The molecule has 24 heavy (non-hydrogen) atoms. The van der Waals surface area contributed by atoms with Gasteiger partial charge in [0.15, 0.2) is 0 Å². The molecule has 0 fully saturated rings. The van der Waals surface area contributed by atoms with Crippen LogP contribution in [0.1, 0.15) is 83.1 Å². The second-order valence-electron chi connectivity index (χ2n) is 8.11. The summed E-state index contributed by atoms with van der Waals surface area (Å²) in [4.78, 5) is 4.20. The smallest absolute Gasteiger partial charge is 0.0439 e. The molecule has 0 heterocycles. The monoisotopic (exact) mass is 335 g/mol. The van der Waals surface area contributed by atoms with Crippen molar-refractivity contribution in [2.75, 3.05) is 0 Å². The van der Waals surface area contributed by atoms with Gasteiger partial charge in [-0.05, 0) is 31.6 Å². The lowest BCUT2D eigenvalue weighted by atomic mass is 10.1. The van der Waals surface area contributed by atoms with Crippen molar-refractivity contribution in [2.24, 2.45) is 34.6 Å². The van der Waals surface area contributed by atoms with Gasteiger partial charge >= 0.3 is 0 Å². The summed E-state index contributed by atoms with van der Waals surface area (Å²) in [5, 5.41) is 0. The molecule has 142 valence electrons. The van der Waals surface area contributed by atoms with Gasteiger partial charge in [-0.1, -0.05) is 81.4 Å². The van der Waals surface area contributed by atoms with Gasteiger partial charge in [-0.3, -0.25) is 4.99 Å².